The predicted molar refractivity (Wildman–Crippen MR) is 106 cm³/mol. The van der Waals surface area contributed by atoms with Crippen LogP contribution in [0.3, 0.4) is 0 Å². The van der Waals surface area contributed by atoms with Crippen LogP contribution >= 0.6 is 0 Å². The van der Waals surface area contributed by atoms with Crippen molar-refractivity contribution in [2.75, 3.05) is 42.7 Å². The maximum atomic E-state index is 13.2. The van der Waals surface area contributed by atoms with Gasteiger partial charge in [0.1, 0.15) is 0 Å². The molecule has 2 aromatic carbocycles. The van der Waals surface area contributed by atoms with E-state index in [9.17, 15) is 4.79 Å². The molecular weight excluding hydrogens is 364 g/mol. The maximum absolute atomic E-state index is 13.2. The molecule has 2 rings (SSSR count). The van der Waals surface area contributed by atoms with Crippen LogP contribution in [0, 0.1) is 0 Å². The van der Waals surface area contributed by atoms with Crippen LogP contribution in [0.2, 0.25) is 0 Å². The molecule has 0 aliphatic carbocycles. The molecule has 0 spiro atoms. The van der Waals surface area contributed by atoms with Gasteiger partial charge in [0.2, 0.25) is 11.5 Å². The highest BCUT2D eigenvalue weighted by molar-refractivity contribution is 6.29. The zero-order valence-corrected chi connectivity index (χ0v) is 16.9. The lowest BCUT2D eigenvalue weighted by Gasteiger charge is -2.17. The van der Waals surface area contributed by atoms with Crippen LogP contribution in [0.25, 0.3) is 5.57 Å². The van der Waals surface area contributed by atoms with Gasteiger partial charge >= 0.3 is 0 Å². The van der Waals surface area contributed by atoms with Gasteiger partial charge in [-0.2, -0.15) is 0 Å². The van der Waals surface area contributed by atoms with Crippen molar-refractivity contribution < 1.29 is 33.2 Å². The maximum Gasteiger partial charge on any atom is 0.204 e. The molecular formula is C21H24O7. The van der Waals surface area contributed by atoms with Gasteiger partial charge in [0.15, 0.2) is 28.8 Å². The Morgan fingerprint density at radius 2 is 1.18 bits per heavy atom. The molecule has 0 aromatic heterocycles. The Bertz CT molecular complexity index is 862. The summed E-state index contributed by atoms with van der Waals surface area (Å²) in [5, 5.41) is 0. The Labute approximate surface area is 164 Å². The monoisotopic (exact) mass is 388 g/mol. The first-order chi connectivity index (χ1) is 13.5. The smallest absolute Gasteiger partial charge is 0.204 e. The first-order valence-electron chi connectivity index (χ1n) is 8.30. The van der Waals surface area contributed by atoms with E-state index in [-0.39, 0.29) is 17.1 Å². The molecule has 0 amide bonds. The predicted octanol–water partition coefficient (Wildman–Crippen LogP) is 3.63. The van der Waals surface area contributed by atoms with E-state index >= 15 is 0 Å². The van der Waals surface area contributed by atoms with Gasteiger partial charge in [-0.05, 0) is 29.8 Å². The number of Topliss-reactive ketones (excluding diaryl/α,β-unsaturated/α-hetero) is 1. The summed E-state index contributed by atoms with van der Waals surface area (Å²) in [4.78, 5) is 13.2. The minimum absolute atomic E-state index is 0.227. The number of rotatable bonds is 9. The highest BCUT2D eigenvalue weighted by Gasteiger charge is 2.24. The second kappa shape index (κ2) is 9.03. The first kappa shape index (κ1) is 21.0. The van der Waals surface area contributed by atoms with Gasteiger partial charge in [-0.15, -0.1) is 0 Å². The van der Waals surface area contributed by atoms with Crippen LogP contribution in [-0.4, -0.2) is 48.4 Å². The largest absolute Gasteiger partial charge is 0.493 e. The summed E-state index contributed by atoms with van der Waals surface area (Å²) in [6, 6.07) is 6.56. The van der Waals surface area contributed by atoms with E-state index in [1.54, 1.807) is 24.3 Å². The first-order valence-corrected chi connectivity index (χ1v) is 8.30. The van der Waals surface area contributed by atoms with Crippen LogP contribution < -0.4 is 28.4 Å². The number of benzene rings is 2. The van der Waals surface area contributed by atoms with Crippen molar-refractivity contribution in [2.24, 2.45) is 0 Å². The molecule has 0 saturated heterocycles. The third-order valence-corrected chi connectivity index (χ3v) is 4.24. The lowest BCUT2D eigenvalue weighted by molar-refractivity contribution is 0.105. The number of hydrogen-bond acceptors (Lipinski definition) is 7. The van der Waals surface area contributed by atoms with E-state index in [4.69, 9.17) is 28.4 Å². The third kappa shape index (κ3) is 3.69. The Hall–Kier alpha value is -3.35. The standard InChI is InChI=1S/C21H24O7/c1-12(13-10-16(24-3)20(27-6)17(11-13)25-4)18(22)14-8-9-15(23-2)21(28-7)19(14)26-5/h8-11H,1H2,2-7H3. The van der Waals surface area contributed by atoms with E-state index in [0.29, 0.717) is 39.9 Å². The van der Waals surface area contributed by atoms with Gasteiger partial charge in [0.25, 0.3) is 0 Å². The lowest BCUT2D eigenvalue weighted by Crippen LogP contribution is -2.07. The quantitative estimate of drug-likeness (QED) is 0.480. The van der Waals surface area contributed by atoms with E-state index in [0.717, 1.165) is 0 Å². The van der Waals surface area contributed by atoms with Crippen molar-refractivity contribution in [3.63, 3.8) is 0 Å². The van der Waals surface area contributed by atoms with Gasteiger partial charge < -0.3 is 28.4 Å². The van der Waals surface area contributed by atoms with Gasteiger partial charge in [-0.25, -0.2) is 0 Å². The Kier molecular flexibility index (Phi) is 6.76. The molecule has 0 radical (unpaired) electrons. The normalized spacial score (nSPS) is 10.1. The summed E-state index contributed by atoms with van der Waals surface area (Å²) >= 11 is 0. The van der Waals surface area contributed by atoms with Crippen LogP contribution in [0.5, 0.6) is 34.5 Å². The van der Waals surface area contributed by atoms with E-state index < -0.39 is 0 Å². The second-order valence-corrected chi connectivity index (χ2v) is 5.60. The van der Waals surface area contributed by atoms with E-state index in [2.05, 4.69) is 6.58 Å². The molecule has 7 nitrogen and oxygen atoms in total. The number of carbonyl (C=O) groups is 1. The molecule has 28 heavy (non-hydrogen) atoms. The van der Waals surface area contributed by atoms with Gasteiger partial charge in [-0.3, -0.25) is 4.79 Å². The number of ether oxygens (including phenoxy) is 6. The van der Waals surface area contributed by atoms with Crippen LogP contribution in [0.15, 0.2) is 30.8 Å². The summed E-state index contributed by atoms with van der Waals surface area (Å²) in [6.07, 6.45) is 0. The topological polar surface area (TPSA) is 72.5 Å². The average Bonchev–Trinajstić information content (AvgIpc) is 2.75. The van der Waals surface area contributed by atoms with Crippen molar-refractivity contribution in [2.45, 2.75) is 0 Å². The molecule has 150 valence electrons. The number of allylic oxidation sites excluding steroid dienone is 1. The van der Waals surface area contributed by atoms with E-state index in [1.807, 2.05) is 0 Å². The van der Waals surface area contributed by atoms with Crippen LogP contribution in [-0.2, 0) is 0 Å². The van der Waals surface area contributed by atoms with Crippen molar-refractivity contribution in [1.82, 2.24) is 0 Å². The molecule has 0 N–H and O–H groups in total. The van der Waals surface area contributed by atoms with Crippen molar-refractivity contribution in [3.05, 3.63) is 42.0 Å². The molecule has 0 atom stereocenters. The third-order valence-electron chi connectivity index (χ3n) is 4.24. The van der Waals surface area contributed by atoms with Gasteiger partial charge in [0.05, 0.1) is 48.2 Å². The number of hydrogen-bond donors (Lipinski definition) is 0. The highest BCUT2D eigenvalue weighted by Crippen LogP contribution is 2.43. The zero-order valence-electron chi connectivity index (χ0n) is 16.9. The molecule has 0 aliphatic rings. The van der Waals surface area contributed by atoms with Crippen LogP contribution in [0.4, 0.5) is 0 Å². The summed E-state index contributed by atoms with van der Waals surface area (Å²) in [5.41, 5.74) is 1.04. The fourth-order valence-corrected chi connectivity index (χ4v) is 2.83. The van der Waals surface area contributed by atoms with Crippen molar-refractivity contribution in [3.8, 4) is 34.5 Å². The molecule has 0 heterocycles. The number of ketones is 1. The fraction of sp³-hybridized carbons (Fsp3) is 0.286. The summed E-state index contributed by atoms with van der Waals surface area (Å²) < 4.78 is 32.0. The number of methoxy groups -OCH3 is 6. The minimum Gasteiger partial charge on any atom is -0.493 e. The molecule has 0 saturated carbocycles. The minimum atomic E-state index is -0.341. The molecule has 2 aromatic rings. The van der Waals surface area contributed by atoms with Crippen molar-refractivity contribution in [1.29, 1.82) is 0 Å². The Balaban J connectivity index is 2.55. The zero-order chi connectivity index (χ0) is 20.8. The SMILES string of the molecule is C=C(C(=O)c1ccc(OC)c(OC)c1OC)c1cc(OC)c(OC)c(OC)c1. The second-order valence-electron chi connectivity index (χ2n) is 5.60. The van der Waals surface area contributed by atoms with Gasteiger partial charge in [0, 0.05) is 5.57 Å². The van der Waals surface area contributed by atoms with Gasteiger partial charge in [-0.1, -0.05) is 6.58 Å². The Morgan fingerprint density at radius 1 is 0.679 bits per heavy atom. The fourth-order valence-electron chi connectivity index (χ4n) is 2.83. The summed E-state index contributed by atoms with van der Waals surface area (Å²) in [6.45, 7) is 3.95. The summed E-state index contributed by atoms with van der Waals surface area (Å²) in [7, 11) is 8.95. The Morgan fingerprint density at radius 3 is 1.61 bits per heavy atom. The average molecular weight is 388 g/mol. The molecule has 0 aliphatic heterocycles. The van der Waals surface area contributed by atoms with Crippen molar-refractivity contribution >= 4 is 11.4 Å². The lowest BCUT2D eigenvalue weighted by atomic mass is 9.96. The number of carbonyl (C=O) groups excluding carboxylic acids is 1. The molecule has 0 bridgehead atoms. The molecule has 0 unspecified atom stereocenters. The molecule has 7 heteroatoms. The molecule has 0 fully saturated rings. The van der Waals surface area contributed by atoms with Crippen LogP contribution in [0.1, 0.15) is 15.9 Å². The summed E-state index contributed by atoms with van der Waals surface area (Å²) in [5.74, 6) is 1.98. The highest BCUT2D eigenvalue weighted by atomic mass is 16.5. The van der Waals surface area contributed by atoms with E-state index in [1.165, 1.54) is 42.7 Å².